The summed E-state index contributed by atoms with van der Waals surface area (Å²) < 4.78 is 24.9. The Morgan fingerprint density at radius 1 is 1.28 bits per heavy atom. The van der Waals surface area contributed by atoms with Gasteiger partial charge in [-0.1, -0.05) is 12.1 Å². The number of amides is 1. The fourth-order valence-electron chi connectivity index (χ4n) is 2.25. The maximum atomic E-state index is 14.0. The van der Waals surface area contributed by atoms with E-state index in [0.29, 0.717) is 5.69 Å². The van der Waals surface area contributed by atoms with Crippen LogP contribution >= 0.6 is 0 Å². The standard InChI is InChI=1S/C17H14FN3O4/c1-10-7-15(21(20-10)13-6-4-3-5-12(13)18)19-16(22)14-8-11(9-25-14)17(23)24-2/h3-9H,1-2H3,(H,19,22). The minimum atomic E-state index is -0.616. The third-order valence-corrected chi connectivity index (χ3v) is 3.40. The molecule has 128 valence electrons. The molecule has 3 aromatic rings. The SMILES string of the molecule is COC(=O)c1coc(C(=O)Nc2cc(C)nn2-c2ccccc2F)c1. The van der Waals surface area contributed by atoms with Gasteiger partial charge >= 0.3 is 5.97 Å². The highest BCUT2D eigenvalue weighted by atomic mass is 19.1. The number of carbonyl (C=O) groups is 2. The largest absolute Gasteiger partial charge is 0.465 e. The van der Waals surface area contributed by atoms with Crippen LogP contribution in [0.4, 0.5) is 10.2 Å². The molecule has 0 atom stereocenters. The number of anilines is 1. The highest BCUT2D eigenvalue weighted by molar-refractivity contribution is 6.03. The summed E-state index contributed by atoms with van der Waals surface area (Å²) in [4.78, 5) is 23.7. The molecular formula is C17H14FN3O4. The van der Waals surface area contributed by atoms with Crippen molar-refractivity contribution in [3.8, 4) is 5.69 Å². The van der Waals surface area contributed by atoms with Crippen LogP contribution in [0.1, 0.15) is 26.6 Å². The molecule has 2 heterocycles. The molecule has 0 saturated heterocycles. The number of nitrogens with zero attached hydrogens (tertiary/aromatic N) is 2. The number of hydrogen-bond acceptors (Lipinski definition) is 5. The van der Waals surface area contributed by atoms with E-state index in [1.54, 1.807) is 31.2 Å². The first-order valence-corrected chi connectivity index (χ1v) is 7.29. The van der Waals surface area contributed by atoms with Crippen LogP contribution in [-0.4, -0.2) is 28.8 Å². The second-order valence-corrected chi connectivity index (χ2v) is 5.18. The maximum Gasteiger partial charge on any atom is 0.341 e. The van der Waals surface area contributed by atoms with Crippen molar-refractivity contribution in [3.63, 3.8) is 0 Å². The first-order valence-electron chi connectivity index (χ1n) is 7.29. The minimum absolute atomic E-state index is 0.0839. The van der Waals surface area contributed by atoms with E-state index in [0.717, 1.165) is 6.26 Å². The van der Waals surface area contributed by atoms with Crippen LogP contribution in [0, 0.1) is 12.7 Å². The van der Waals surface area contributed by atoms with E-state index < -0.39 is 17.7 Å². The molecule has 1 aromatic carbocycles. The molecule has 1 N–H and O–H groups in total. The van der Waals surface area contributed by atoms with Gasteiger partial charge in [-0.05, 0) is 19.1 Å². The van der Waals surface area contributed by atoms with Crippen LogP contribution in [0.25, 0.3) is 5.69 Å². The van der Waals surface area contributed by atoms with Gasteiger partial charge in [-0.2, -0.15) is 5.10 Å². The van der Waals surface area contributed by atoms with E-state index in [-0.39, 0.29) is 22.8 Å². The number of halogens is 1. The molecule has 3 rings (SSSR count). The number of esters is 1. The summed E-state index contributed by atoms with van der Waals surface area (Å²) in [5, 5.41) is 6.78. The van der Waals surface area contributed by atoms with Crippen LogP contribution in [-0.2, 0) is 4.74 Å². The molecule has 0 aliphatic heterocycles. The third kappa shape index (κ3) is 3.27. The molecule has 0 bridgehead atoms. The van der Waals surface area contributed by atoms with Crippen LogP contribution in [0.3, 0.4) is 0 Å². The Hall–Kier alpha value is -3.42. The monoisotopic (exact) mass is 343 g/mol. The lowest BCUT2D eigenvalue weighted by molar-refractivity contribution is 0.0600. The van der Waals surface area contributed by atoms with Gasteiger partial charge in [-0.25, -0.2) is 13.9 Å². The Bertz CT molecular complexity index is 945. The quantitative estimate of drug-likeness (QED) is 0.736. The van der Waals surface area contributed by atoms with Crippen molar-refractivity contribution in [3.05, 3.63) is 65.5 Å². The van der Waals surface area contributed by atoms with E-state index in [1.165, 1.54) is 23.9 Å². The van der Waals surface area contributed by atoms with Gasteiger partial charge < -0.3 is 14.5 Å². The molecule has 0 unspecified atom stereocenters. The number of ether oxygens (including phenoxy) is 1. The Labute approximate surface area is 142 Å². The number of para-hydroxylation sites is 1. The first-order chi connectivity index (χ1) is 12.0. The van der Waals surface area contributed by atoms with Crippen LogP contribution in [0.15, 0.2) is 47.1 Å². The third-order valence-electron chi connectivity index (χ3n) is 3.40. The zero-order chi connectivity index (χ0) is 18.0. The van der Waals surface area contributed by atoms with Gasteiger partial charge in [0, 0.05) is 12.1 Å². The smallest absolute Gasteiger partial charge is 0.341 e. The molecule has 25 heavy (non-hydrogen) atoms. The van der Waals surface area contributed by atoms with E-state index in [4.69, 9.17) is 4.42 Å². The molecule has 8 heteroatoms. The molecule has 7 nitrogen and oxygen atoms in total. The summed E-state index contributed by atoms with van der Waals surface area (Å²) in [7, 11) is 1.23. The number of aromatic nitrogens is 2. The Kier molecular flexibility index (Phi) is 4.34. The maximum absolute atomic E-state index is 14.0. The topological polar surface area (TPSA) is 86.4 Å². The van der Waals surface area contributed by atoms with Crippen molar-refractivity contribution < 1.29 is 23.1 Å². The summed E-state index contributed by atoms with van der Waals surface area (Å²) in [5.41, 5.74) is 0.903. The van der Waals surface area contributed by atoms with E-state index >= 15 is 0 Å². The van der Waals surface area contributed by atoms with Gasteiger partial charge in [-0.15, -0.1) is 0 Å². The normalized spacial score (nSPS) is 10.5. The fourth-order valence-corrected chi connectivity index (χ4v) is 2.25. The molecule has 0 saturated carbocycles. The highest BCUT2D eigenvalue weighted by Crippen LogP contribution is 2.20. The minimum Gasteiger partial charge on any atom is -0.465 e. The predicted molar refractivity (Wildman–Crippen MR) is 86.3 cm³/mol. The summed E-state index contributed by atoms with van der Waals surface area (Å²) >= 11 is 0. The molecule has 1 amide bonds. The average Bonchev–Trinajstić information content (AvgIpc) is 3.22. The zero-order valence-corrected chi connectivity index (χ0v) is 13.4. The predicted octanol–water partition coefficient (Wildman–Crippen LogP) is 2.95. The molecule has 0 fully saturated rings. The Morgan fingerprint density at radius 2 is 2.04 bits per heavy atom. The van der Waals surface area contributed by atoms with Crippen molar-refractivity contribution in [1.29, 1.82) is 0 Å². The van der Waals surface area contributed by atoms with E-state index in [2.05, 4.69) is 15.2 Å². The lowest BCUT2D eigenvalue weighted by Crippen LogP contribution is -2.15. The summed E-state index contributed by atoms with van der Waals surface area (Å²) in [6, 6.07) is 8.92. The second kappa shape index (κ2) is 6.60. The van der Waals surface area contributed by atoms with Gasteiger partial charge in [0.15, 0.2) is 5.76 Å². The van der Waals surface area contributed by atoms with Crippen molar-refractivity contribution in [2.75, 3.05) is 12.4 Å². The van der Waals surface area contributed by atoms with Crippen molar-refractivity contribution in [2.45, 2.75) is 6.92 Å². The second-order valence-electron chi connectivity index (χ2n) is 5.18. The molecule has 2 aromatic heterocycles. The van der Waals surface area contributed by atoms with Crippen LogP contribution < -0.4 is 5.32 Å². The van der Waals surface area contributed by atoms with Crippen LogP contribution in [0.2, 0.25) is 0 Å². The number of aryl methyl sites for hydroxylation is 1. The van der Waals surface area contributed by atoms with Gasteiger partial charge in [-0.3, -0.25) is 4.79 Å². The molecular weight excluding hydrogens is 329 g/mol. The summed E-state index contributed by atoms with van der Waals surface area (Å²) in [6.45, 7) is 1.72. The van der Waals surface area contributed by atoms with Gasteiger partial charge in [0.05, 0.1) is 18.4 Å². The number of methoxy groups -OCH3 is 1. The Morgan fingerprint density at radius 3 is 2.76 bits per heavy atom. The molecule has 0 aliphatic rings. The number of rotatable bonds is 4. The lowest BCUT2D eigenvalue weighted by Gasteiger charge is -2.08. The van der Waals surface area contributed by atoms with Crippen LogP contribution in [0.5, 0.6) is 0 Å². The zero-order valence-electron chi connectivity index (χ0n) is 13.4. The van der Waals surface area contributed by atoms with Crippen molar-refractivity contribution in [2.24, 2.45) is 0 Å². The van der Waals surface area contributed by atoms with Crippen molar-refractivity contribution >= 4 is 17.7 Å². The van der Waals surface area contributed by atoms with E-state index in [1.807, 2.05) is 0 Å². The van der Waals surface area contributed by atoms with Gasteiger partial charge in [0.25, 0.3) is 5.91 Å². The summed E-state index contributed by atoms with van der Waals surface area (Å²) in [5.74, 6) is -1.52. The number of furan rings is 1. The number of carbonyl (C=O) groups excluding carboxylic acids is 2. The highest BCUT2D eigenvalue weighted by Gasteiger charge is 2.19. The summed E-state index contributed by atoms with van der Waals surface area (Å²) in [6.07, 6.45) is 1.13. The lowest BCUT2D eigenvalue weighted by atomic mass is 10.3. The molecule has 0 spiro atoms. The first kappa shape index (κ1) is 16.4. The average molecular weight is 343 g/mol. The molecule has 0 aliphatic carbocycles. The number of benzene rings is 1. The van der Waals surface area contributed by atoms with Gasteiger partial charge in [0.2, 0.25) is 0 Å². The van der Waals surface area contributed by atoms with Gasteiger partial charge in [0.1, 0.15) is 23.6 Å². The molecule has 0 radical (unpaired) electrons. The number of nitrogens with one attached hydrogen (secondary N) is 1. The fraction of sp³-hybridized carbons (Fsp3) is 0.118. The Balaban J connectivity index is 1.89. The van der Waals surface area contributed by atoms with Crippen molar-refractivity contribution in [1.82, 2.24) is 9.78 Å². The van der Waals surface area contributed by atoms with E-state index in [9.17, 15) is 14.0 Å². The number of hydrogen-bond donors (Lipinski definition) is 1.